The van der Waals surface area contributed by atoms with Crippen LogP contribution < -0.4 is 0 Å². The minimum Gasteiger partial charge on any atom is -0.508 e. The average Bonchev–Trinajstić information content (AvgIpc) is 2.64. The lowest BCUT2D eigenvalue weighted by Gasteiger charge is -2.01. The van der Waals surface area contributed by atoms with E-state index >= 15 is 0 Å². The highest BCUT2D eigenvalue weighted by atomic mass is 16.3. The minimum atomic E-state index is 0.376. The molecule has 0 unspecified atom stereocenters. The number of aromatic hydroxyl groups is 1. The molecule has 1 aromatic carbocycles. The second kappa shape index (κ2) is 5.76. The zero-order valence-electron chi connectivity index (χ0n) is 9.95. The lowest BCUT2D eigenvalue weighted by atomic mass is 10.1. The predicted molar refractivity (Wildman–Crippen MR) is 64.3 cm³/mol. The summed E-state index contributed by atoms with van der Waals surface area (Å²) in [5, 5.41) is 9.04. The van der Waals surface area contributed by atoms with Crippen molar-refractivity contribution in [3.8, 4) is 5.75 Å². The van der Waals surface area contributed by atoms with Crippen LogP contribution >= 0.6 is 0 Å². The van der Waals surface area contributed by atoms with Crippen molar-refractivity contribution in [1.29, 1.82) is 0 Å². The Morgan fingerprint density at radius 2 is 1.73 bits per heavy atom. The summed E-state index contributed by atoms with van der Waals surface area (Å²) in [5.74, 6) is 0.376. The van der Waals surface area contributed by atoms with Crippen molar-refractivity contribution in [3.05, 3.63) is 29.3 Å². The van der Waals surface area contributed by atoms with Gasteiger partial charge in [-0.2, -0.15) is 0 Å². The van der Waals surface area contributed by atoms with Gasteiger partial charge in [0.15, 0.2) is 0 Å². The highest BCUT2D eigenvalue weighted by Crippen LogP contribution is 2.15. The van der Waals surface area contributed by atoms with Gasteiger partial charge in [-0.05, 0) is 58.5 Å². The van der Waals surface area contributed by atoms with Crippen molar-refractivity contribution in [3.63, 3.8) is 0 Å². The van der Waals surface area contributed by atoms with E-state index in [2.05, 4.69) is 11.9 Å². The van der Waals surface area contributed by atoms with Crippen molar-refractivity contribution < 1.29 is 5.11 Å². The van der Waals surface area contributed by atoms with Crippen LogP contribution in [-0.4, -0.2) is 30.1 Å². The third-order valence-electron chi connectivity index (χ3n) is 2.68. The molecule has 1 aliphatic heterocycles. The molecule has 0 radical (unpaired) electrons. The van der Waals surface area contributed by atoms with Crippen LogP contribution in [-0.2, 0) is 0 Å². The maximum absolute atomic E-state index is 9.04. The number of benzene rings is 1. The van der Waals surface area contributed by atoms with Crippen molar-refractivity contribution >= 4 is 0 Å². The largest absolute Gasteiger partial charge is 0.508 e. The Labute approximate surface area is 92.5 Å². The molecule has 2 heteroatoms. The monoisotopic (exact) mass is 207 g/mol. The molecule has 2 nitrogen and oxygen atoms in total. The zero-order valence-corrected chi connectivity index (χ0v) is 9.95. The highest BCUT2D eigenvalue weighted by Gasteiger charge is 2.03. The van der Waals surface area contributed by atoms with Gasteiger partial charge in [-0.3, -0.25) is 0 Å². The summed E-state index contributed by atoms with van der Waals surface area (Å²) in [4.78, 5) is 2.36. The van der Waals surface area contributed by atoms with Gasteiger partial charge < -0.3 is 10.0 Å². The molecule has 0 bridgehead atoms. The molecule has 1 fully saturated rings. The van der Waals surface area contributed by atoms with Gasteiger partial charge in [-0.1, -0.05) is 17.7 Å². The molecule has 0 spiro atoms. The van der Waals surface area contributed by atoms with Gasteiger partial charge in [-0.25, -0.2) is 0 Å². The van der Waals surface area contributed by atoms with Gasteiger partial charge in [0.25, 0.3) is 0 Å². The standard InChI is InChI=1S/C8H10O.C5H11N/c1-6-3-4-8(9)7(2)5-6;1-6-4-2-3-5-6/h3-5,9H,1-2H3;2-5H2,1H3. The fourth-order valence-corrected chi connectivity index (χ4v) is 1.68. The van der Waals surface area contributed by atoms with E-state index in [1.165, 1.54) is 31.5 Å². The van der Waals surface area contributed by atoms with E-state index in [1.54, 1.807) is 6.07 Å². The van der Waals surface area contributed by atoms with Gasteiger partial charge in [0.1, 0.15) is 5.75 Å². The number of hydrogen-bond donors (Lipinski definition) is 1. The van der Waals surface area contributed by atoms with Crippen LogP contribution in [0.4, 0.5) is 0 Å². The molecule has 1 N–H and O–H groups in total. The Bertz CT molecular complexity index is 303. The van der Waals surface area contributed by atoms with Gasteiger partial charge in [-0.15, -0.1) is 0 Å². The fourth-order valence-electron chi connectivity index (χ4n) is 1.68. The lowest BCUT2D eigenvalue weighted by molar-refractivity contribution is 0.418. The number of phenolic OH excluding ortho intramolecular Hbond substituents is 1. The minimum absolute atomic E-state index is 0.376. The Hall–Kier alpha value is -1.02. The molecule has 0 aromatic heterocycles. The third kappa shape index (κ3) is 4.34. The van der Waals surface area contributed by atoms with Crippen molar-refractivity contribution in [2.45, 2.75) is 26.7 Å². The van der Waals surface area contributed by atoms with Crippen molar-refractivity contribution in [1.82, 2.24) is 4.90 Å². The predicted octanol–water partition coefficient (Wildman–Crippen LogP) is 2.72. The SMILES string of the molecule is CN1CCCC1.Cc1ccc(O)c(C)c1. The quantitative estimate of drug-likeness (QED) is 0.707. The van der Waals surface area contributed by atoms with Crippen LogP contribution in [0, 0.1) is 13.8 Å². The molecule has 0 saturated carbocycles. The van der Waals surface area contributed by atoms with E-state index in [1.807, 2.05) is 26.0 Å². The van der Waals surface area contributed by atoms with E-state index in [9.17, 15) is 0 Å². The van der Waals surface area contributed by atoms with E-state index < -0.39 is 0 Å². The van der Waals surface area contributed by atoms with Gasteiger partial charge in [0.2, 0.25) is 0 Å². The molecule has 1 aliphatic rings. The van der Waals surface area contributed by atoms with E-state index in [-0.39, 0.29) is 0 Å². The average molecular weight is 207 g/mol. The molecule has 1 saturated heterocycles. The maximum Gasteiger partial charge on any atom is 0.118 e. The zero-order chi connectivity index (χ0) is 11.3. The molecule has 1 aromatic rings. The first kappa shape index (κ1) is 12.1. The molecular formula is C13H21NO. The number of hydrogen-bond acceptors (Lipinski definition) is 2. The second-order valence-electron chi connectivity index (χ2n) is 4.30. The summed E-state index contributed by atoms with van der Waals surface area (Å²) in [7, 11) is 2.17. The topological polar surface area (TPSA) is 23.5 Å². The van der Waals surface area contributed by atoms with Gasteiger partial charge in [0.05, 0.1) is 0 Å². The van der Waals surface area contributed by atoms with E-state index in [0.717, 1.165) is 5.56 Å². The van der Waals surface area contributed by atoms with Crippen LogP contribution in [0.25, 0.3) is 0 Å². The molecule has 0 amide bonds. The molecule has 84 valence electrons. The van der Waals surface area contributed by atoms with Crippen LogP contribution in [0.5, 0.6) is 5.75 Å². The normalized spacial score (nSPS) is 15.9. The van der Waals surface area contributed by atoms with E-state index in [4.69, 9.17) is 5.11 Å². The summed E-state index contributed by atoms with van der Waals surface area (Å²) in [6.45, 7) is 6.54. The first-order valence-electron chi connectivity index (χ1n) is 5.54. The molecule has 1 heterocycles. The summed E-state index contributed by atoms with van der Waals surface area (Å²) in [6.07, 6.45) is 2.83. The third-order valence-corrected chi connectivity index (χ3v) is 2.68. The maximum atomic E-state index is 9.04. The molecule has 2 rings (SSSR count). The molecule has 15 heavy (non-hydrogen) atoms. The molecular weight excluding hydrogens is 186 g/mol. The number of likely N-dealkylation sites (tertiary alicyclic amines) is 1. The molecule has 0 aliphatic carbocycles. The van der Waals surface area contributed by atoms with Crippen LogP contribution in [0.15, 0.2) is 18.2 Å². The Kier molecular flexibility index (Phi) is 4.63. The van der Waals surface area contributed by atoms with Crippen LogP contribution in [0.3, 0.4) is 0 Å². The first-order chi connectivity index (χ1) is 7.09. The smallest absolute Gasteiger partial charge is 0.118 e. The van der Waals surface area contributed by atoms with Crippen molar-refractivity contribution in [2.24, 2.45) is 0 Å². The van der Waals surface area contributed by atoms with E-state index in [0.29, 0.717) is 5.75 Å². The molecule has 0 atom stereocenters. The first-order valence-corrected chi connectivity index (χ1v) is 5.54. The fraction of sp³-hybridized carbons (Fsp3) is 0.538. The summed E-state index contributed by atoms with van der Waals surface area (Å²) in [5.41, 5.74) is 2.13. The lowest BCUT2D eigenvalue weighted by Crippen LogP contribution is -2.10. The second-order valence-corrected chi connectivity index (χ2v) is 4.30. The van der Waals surface area contributed by atoms with Crippen LogP contribution in [0.1, 0.15) is 24.0 Å². The number of nitrogens with zero attached hydrogens (tertiary/aromatic N) is 1. The van der Waals surface area contributed by atoms with Crippen molar-refractivity contribution in [2.75, 3.05) is 20.1 Å². The Balaban J connectivity index is 0.000000162. The Morgan fingerprint density at radius 1 is 1.13 bits per heavy atom. The van der Waals surface area contributed by atoms with Gasteiger partial charge in [0, 0.05) is 0 Å². The summed E-state index contributed by atoms with van der Waals surface area (Å²) < 4.78 is 0. The summed E-state index contributed by atoms with van der Waals surface area (Å²) >= 11 is 0. The number of phenols is 1. The summed E-state index contributed by atoms with van der Waals surface area (Å²) in [6, 6.07) is 5.56. The Morgan fingerprint density at radius 3 is 2.07 bits per heavy atom. The van der Waals surface area contributed by atoms with Gasteiger partial charge >= 0.3 is 0 Å². The number of rotatable bonds is 0. The van der Waals surface area contributed by atoms with Crippen LogP contribution in [0.2, 0.25) is 0 Å². The highest BCUT2D eigenvalue weighted by molar-refractivity contribution is 5.34. The number of aryl methyl sites for hydroxylation is 2.